The molecule has 2 aliphatic rings. The Bertz CT molecular complexity index is 1020. The van der Waals surface area contributed by atoms with E-state index in [1.807, 2.05) is 0 Å². The summed E-state index contributed by atoms with van der Waals surface area (Å²) < 4.78 is 0. The van der Waals surface area contributed by atoms with E-state index < -0.39 is 0 Å². The largest absolute Gasteiger partial charge is 0.384 e. The number of H-pyrrole nitrogens is 1. The number of nitrogen functional groups attached to an aromatic ring is 1. The van der Waals surface area contributed by atoms with Crippen LogP contribution in [0.2, 0.25) is 0 Å². The summed E-state index contributed by atoms with van der Waals surface area (Å²) in [4.78, 5) is 10.0. The normalized spacial score (nSPS) is 19.4. The molecule has 2 aliphatic heterocycles. The van der Waals surface area contributed by atoms with Crippen LogP contribution in [0.1, 0.15) is 43.4 Å². The lowest BCUT2D eigenvalue weighted by molar-refractivity contribution is 0.244. The van der Waals surface area contributed by atoms with E-state index in [2.05, 4.69) is 64.2 Å². The lowest BCUT2D eigenvalue weighted by Crippen LogP contribution is -2.42. The van der Waals surface area contributed by atoms with E-state index in [1.165, 1.54) is 29.5 Å². The number of fused-ring (bicyclic) bond motifs is 3. The van der Waals surface area contributed by atoms with Crippen molar-refractivity contribution in [3.8, 4) is 0 Å². The summed E-state index contributed by atoms with van der Waals surface area (Å²) in [6, 6.07) is 10.7. The van der Waals surface area contributed by atoms with Crippen molar-refractivity contribution >= 4 is 22.7 Å². The standard InChI is InChI=1S/C23H30N6/c1-23(2)10-6-11-29(15-23)22-18-14-28(13-16-7-4-3-5-8-16)12-9-17(18)19-20(24)26-27-21(19)25-22/h3-5,7-8H,6,9-15H2,1-2H3,(H3,24,25,26,27). The average Bonchev–Trinajstić information content (AvgIpc) is 3.08. The Labute approximate surface area is 172 Å². The molecule has 29 heavy (non-hydrogen) atoms. The molecular formula is C23H30N6. The summed E-state index contributed by atoms with van der Waals surface area (Å²) in [6.45, 7) is 9.71. The second-order valence-corrected chi connectivity index (χ2v) is 9.36. The van der Waals surface area contributed by atoms with Crippen LogP contribution in [-0.2, 0) is 19.5 Å². The van der Waals surface area contributed by atoms with Crippen molar-refractivity contribution in [2.75, 3.05) is 30.3 Å². The summed E-state index contributed by atoms with van der Waals surface area (Å²) in [6.07, 6.45) is 3.45. The summed E-state index contributed by atoms with van der Waals surface area (Å²) in [5.41, 5.74) is 11.3. The molecular weight excluding hydrogens is 360 g/mol. The third-order valence-corrected chi connectivity index (χ3v) is 6.43. The van der Waals surface area contributed by atoms with Gasteiger partial charge in [-0.1, -0.05) is 44.2 Å². The minimum atomic E-state index is 0.310. The van der Waals surface area contributed by atoms with Crippen molar-refractivity contribution < 1.29 is 0 Å². The van der Waals surface area contributed by atoms with E-state index in [-0.39, 0.29) is 0 Å². The second-order valence-electron chi connectivity index (χ2n) is 9.36. The summed E-state index contributed by atoms with van der Waals surface area (Å²) in [7, 11) is 0. The van der Waals surface area contributed by atoms with Gasteiger partial charge in [0.15, 0.2) is 5.65 Å². The summed E-state index contributed by atoms with van der Waals surface area (Å²) >= 11 is 0. The highest BCUT2D eigenvalue weighted by Crippen LogP contribution is 2.38. The highest BCUT2D eigenvalue weighted by molar-refractivity contribution is 5.92. The van der Waals surface area contributed by atoms with Gasteiger partial charge >= 0.3 is 0 Å². The molecule has 0 radical (unpaired) electrons. The molecule has 6 heteroatoms. The molecule has 0 unspecified atom stereocenters. The Balaban J connectivity index is 1.55. The van der Waals surface area contributed by atoms with Crippen LogP contribution in [0.3, 0.4) is 0 Å². The van der Waals surface area contributed by atoms with Gasteiger partial charge in [0.25, 0.3) is 0 Å². The van der Waals surface area contributed by atoms with Crippen molar-refractivity contribution in [3.63, 3.8) is 0 Å². The molecule has 0 bridgehead atoms. The second kappa shape index (κ2) is 7.02. The lowest BCUT2D eigenvalue weighted by Gasteiger charge is -2.41. The number of hydrogen-bond acceptors (Lipinski definition) is 5. The smallest absolute Gasteiger partial charge is 0.185 e. The molecule has 0 saturated carbocycles. The van der Waals surface area contributed by atoms with E-state index in [9.17, 15) is 0 Å². The zero-order chi connectivity index (χ0) is 20.0. The monoisotopic (exact) mass is 390 g/mol. The van der Waals surface area contributed by atoms with Crippen molar-refractivity contribution in [3.05, 3.63) is 47.0 Å². The van der Waals surface area contributed by atoms with Crippen LogP contribution in [0.25, 0.3) is 11.0 Å². The Morgan fingerprint density at radius 1 is 1.14 bits per heavy atom. The molecule has 0 spiro atoms. The van der Waals surface area contributed by atoms with E-state index in [4.69, 9.17) is 10.7 Å². The maximum absolute atomic E-state index is 6.24. The predicted octanol–water partition coefficient (Wildman–Crippen LogP) is 3.72. The molecule has 3 N–H and O–H groups in total. The first-order valence-corrected chi connectivity index (χ1v) is 10.7. The molecule has 6 nitrogen and oxygen atoms in total. The van der Waals surface area contributed by atoms with Crippen LogP contribution >= 0.6 is 0 Å². The van der Waals surface area contributed by atoms with Gasteiger partial charge in [0.2, 0.25) is 0 Å². The van der Waals surface area contributed by atoms with E-state index in [0.29, 0.717) is 11.2 Å². The molecule has 0 aliphatic carbocycles. The first-order chi connectivity index (χ1) is 14.0. The fourth-order valence-corrected chi connectivity index (χ4v) is 5.03. The third kappa shape index (κ3) is 3.46. The van der Waals surface area contributed by atoms with Gasteiger partial charge in [-0.25, -0.2) is 4.98 Å². The van der Waals surface area contributed by atoms with Crippen LogP contribution in [0.15, 0.2) is 30.3 Å². The number of nitrogens with two attached hydrogens (primary N) is 1. The highest BCUT2D eigenvalue weighted by atomic mass is 15.2. The third-order valence-electron chi connectivity index (χ3n) is 6.43. The topological polar surface area (TPSA) is 74.1 Å². The van der Waals surface area contributed by atoms with Crippen molar-refractivity contribution in [2.45, 2.75) is 46.2 Å². The molecule has 1 aromatic carbocycles. The lowest BCUT2D eigenvalue weighted by atomic mass is 9.84. The Morgan fingerprint density at radius 3 is 2.76 bits per heavy atom. The van der Waals surface area contributed by atoms with Crippen molar-refractivity contribution in [1.29, 1.82) is 0 Å². The molecule has 2 aromatic heterocycles. The number of pyridine rings is 1. The number of benzene rings is 1. The van der Waals surface area contributed by atoms with Gasteiger partial charge in [0.1, 0.15) is 11.6 Å². The van der Waals surface area contributed by atoms with Crippen molar-refractivity contribution in [1.82, 2.24) is 20.1 Å². The van der Waals surface area contributed by atoms with E-state index >= 15 is 0 Å². The molecule has 5 rings (SSSR count). The van der Waals surface area contributed by atoms with Gasteiger partial charge in [-0.2, -0.15) is 5.10 Å². The highest BCUT2D eigenvalue weighted by Gasteiger charge is 2.32. The minimum Gasteiger partial charge on any atom is -0.384 e. The number of nitrogens with zero attached hydrogens (tertiary/aromatic N) is 4. The maximum atomic E-state index is 6.24. The van der Waals surface area contributed by atoms with Crippen LogP contribution < -0.4 is 10.6 Å². The molecule has 3 aromatic rings. The van der Waals surface area contributed by atoms with Crippen LogP contribution in [-0.4, -0.2) is 39.7 Å². The fraction of sp³-hybridized carbons (Fsp3) is 0.478. The fourth-order valence-electron chi connectivity index (χ4n) is 5.03. The molecule has 1 saturated heterocycles. The minimum absolute atomic E-state index is 0.310. The quantitative estimate of drug-likeness (QED) is 0.713. The number of rotatable bonds is 3. The first kappa shape index (κ1) is 18.4. The van der Waals surface area contributed by atoms with Crippen LogP contribution in [0.5, 0.6) is 0 Å². The zero-order valence-corrected chi connectivity index (χ0v) is 17.4. The van der Waals surface area contributed by atoms with Crippen molar-refractivity contribution in [2.24, 2.45) is 5.41 Å². The average molecular weight is 391 g/mol. The molecule has 152 valence electrons. The molecule has 4 heterocycles. The first-order valence-electron chi connectivity index (χ1n) is 10.7. The number of anilines is 2. The SMILES string of the molecule is CC1(C)CCCN(c2nc3n[nH]c(N)c3c3c2CN(Cc2ccccc2)CC3)C1. The molecule has 1 fully saturated rings. The maximum Gasteiger partial charge on any atom is 0.185 e. The van der Waals surface area contributed by atoms with E-state index in [1.54, 1.807) is 0 Å². The molecule has 0 atom stereocenters. The summed E-state index contributed by atoms with van der Waals surface area (Å²) in [5.74, 6) is 1.76. The number of aromatic amines is 1. The van der Waals surface area contributed by atoms with E-state index in [0.717, 1.165) is 56.0 Å². The number of hydrogen-bond donors (Lipinski definition) is 2. The Hall–Kier alpha value is -2.60. The zero-order valence-electron chi connectivity index (χ0n) is 17.4. The Morgan fingerprint density at radius 2 is 1.97 bits per heavy atom. The van der Waals surface area contributed by atoms with Gasteiger partial charge < -0.3 is 10.6 Å². The number of aromatic nitrogens is 3. The van der Waals surface area contributed by atoms with Gasteiger partial charge in [-0.05, 0) is 35.8 Å². The van der Waals surface area contributed by atoms with Gasteiger partial charge in [-0.3, -0.25) is 10.00 Å². The van der Waals surface area contributed by atoms with Gasteiger partial charge in [-0.15, -0.1) is 0 Å². The van der Waals surface area contributed by atoms with Gasteiger partial charge in [0, 0.05) is 38.3 Å². The summed E-state index contributed by atoms with van der Waals surface area (Å²) in [5, 5.41) is 8.39. The predicted molar refractivity (Wildman–Crippen MR) is 118 cm³/mol. The Kier molecular flexibility index (Phi) is 4.46. The van der Waals surface area contributed by atoms with Crippen LogP contribution in [0, 0.1) is 5.41 Å². The van der Waals surface area contributed by atoms with Gasteiger partial charge in [0.05, 0.1) is 5.39 Å². The van der Waals surface area contributed by atoms with Crippen LogP contribution in [0.4, 0.5) is 11.6 Å². The molecule has 0 amide bonds. The number of piperidine rings is 1. The number of nitrogens with one attached hydrogen (secondary N) is 1.